The van der Waals surface area contributed by atoms with Gasteiger partial charge in [-0.2, -0.15) is 0 Å². The Morgan fingerprint density at radius 2 is 2.09 bits per heavy atom. The summed E-state index contributed by atoms with van der Waals surface area (Å²) in [6, 6.07) is 8.71. The molecule has 0 saturated carbocycles. The summed E-state index contributed by atoms with van der Waals surface area (Å²) in [6.45, 7) is 1.87. The lowest BCUT2D eigenvalue weighted by atomic mass is 10.0. The number of hydrogen-bond donors (Lipinski definition) is 3. The van der Waals surface area contributed by atoms with Crippen LogP contribution < -0.4 is 11.1 Å². The molecule has 4 N–H and O–H groups in total. The van der Waals surface area contributed by atoms with Crippen LogP contribution in [0.1, 0.15) is 34.5 Å². The molecule has 0 radical (unpaired) electrons. The van der Waals surface area contributed by atoms with Gasteiger partial charge in [0.05, 0.1) is 23.2 Å². The lowest BCUT2D eigenvalue weighted by Crippen LogP contribution is -2.30. The van der Waals surface area contributed by atoms with Crippen molar-refractivity contribution in [2.24, 2.45) is 0 Å². The topological polar surface area (TPSA) is 88.2 Å². The molecule has 1 atom stereocenters. The van der Waals surface area contributed by atoms with Crippen LogP contribution in [0.15, 0.2) is 36.5 Å². The second kappa shape index (κ2) is 7.24. The minimum absolute atomic E-state index is 0.173. The van der Waals surface area contributed by atoms with Crippen molar-refractivity contribution in [2.45, 2.75) is 19.4 Å². The fraction of sp³-hybridized carbons (Fsp3) is 0.250. The van der Waals surface area contributed by atoms with Crippen molar-refractivity contribution >= 4 is 23.3 Å². The van der Waals surface area contributed by atoms with Crippen LogP contribution >= 0.6 is 11.6 Å². The molecule has 5 nitrogen and oxygen atoms in total. The molecule has 0 aliphatic rings. The number of nitrogens with two attached hydrogens (primary N) is 1. The molecule has 0 fully saturated rings. The van der Waals surface area contributed by atoms with Gasteiger partial charge in [-0.3, -0.25) is 4.79 Å². The van der Waals surface area contributed by atoms with Gasteiger partial charge in [-0.1, -0.05) is 42.8 Å². The van der Waals surface area contributed by atoms with E-state index in [4.69, 9.17) is 17.3 Å². The molecular weight excluding hydrogens is 302 g/mol. The number of aromatic nitrogens is 1. The first-order chi connectivity index (χ1) is 10.5. The van der Waals surface area contributed by atoms with Crippen LogP contribution in [-0.2, 0) is 6.42 Å². The lowest BCUT2D eigenvalue weighted by molar-refractivity contribution is 0.0916. The lowest BCUT2D eigenvalue weighted by Gasteiger charge is -2.17. The van der Waals surface area contributed by atoms with Gasteiger partial charge in [-0.05, 0) is 23.6 Å². The second-order valence-electron chi connectivity index (χ2n) is 4.89. The average Bonchev–Trinajstić information content (AvgIpc) is 2.55. The normalized spacial score (nSPS) is 12.0. The average molecular weight is 320 g/mol. The van der Waals surface area contributed by atoms with Gasteiger partial charge in [0.15, 0.2) is 0 Å². The van der Waals surface area contributed by atoms with E-state index in [1.54, 1.807) is 0 Å². The highest BCUT2D eigenvalue weighted by Crippen LogP contribution is 2.18. The molecule has 0 aliphatic heterocycles. The molecule has 6 heteroatoms. The third-order valence-electron chi connectivity index (χ3n) is 3.41. The number of aliphatic hydroxyl groups excluding tert-OH is 1. The van der Waals surface area contributed by atoms with Crippen molar-refractivity contribution in [3.8, 4) is 0 Å². The largest absolute Gasteiger partial charge is 0.394 e. The van der Waals surface area contributed by atoms with Gasteiger partial charge in [0.25, 0.3) is 5.91 Å². The van der Waals surface area contributed by atoms with E-state index in [2.05, 4.69) is 17.2 Å². The summed E-state index contributed by atoms with van der Waals surface area (Å²) in [5.74, 6) is -0.194. The predicted molar refractivity (Wildman–Crippen MR) is 86.8 cm³/mol. The van der Waals surface area contributed by atoms with Crippen molar-refractivity contribution in [2.75, 3.05) is 12.3 Å². The Morgan fingerprint density at radius 1 is 1.41 bits per heavy atom. The zero-order valence-corrected chi connectivity index (χ0v) is 13.0. The van der Waals surface area contributed by atoms with E-state index < -0.39 is 6.04 Å². The van der Waals surface area contributed by atoms with Gasteiger partial charge < -0.3 is 16.2 Å². The summed E-state index contributed by atoms with van der Waals surface area (Å²) in [6.07, 6.45) is 2.29. The molecule has 1 aromatic heterocycles. The maximum absolute atomic E-state index is 12.2. The summed E-state index contributed by atoms with van der Waals surface area (Å²) >= 11 is 5.86. The maximum Gasteiger partial charge on any atom is 0.253 e. The van der Waals surface area contributed by atoms with Crippen molar-refractivity contribution in [3.63, 3.8) is 0 Å². The number of aryl methyl sites for hydroxylation is 1. The predicted octanol–water partition coefficient (Wildman–Crippen LogP) is 2.34. The maximum atomic E-state index is 12.2. The Kier molecular flexibility index (Phi) is 5.35. The van der Waals surface area contributed by atoms with E-state index in [1.165, 1.54) is 17.8 Å². The first-order valence-electron chi connectivity index (χ1n) is 6.96. The number of carbonyl (C=O) groups excluding carboxylic acids is 1. The number of nitrogens with zero attached hydrogens (tertiary/aromatic N) is 1. The summed E-state index contributed by atoms with van der Waals surface area (Å²) in [7, 11) is 0. The highest BCUT2D eigenvalue weighted by Gasteiger charge is 2.16. The standard InChI is InChI=1S/C16H18ClN3O2/c1-2-10-3-5-11(6-4-10)14(9-21)20-16(22)12-7-13(17)15(18)19-8-12/h3-8,14,21H,2,9H2,1H3,(H2,18,19)(H,20,22). The van der Waals surface area contributed by atoms with Crippen molar-refractivity contribution < 1.29 is 9.90 Å². The number of carbonyl (C=O) groups is 1. The number of halogens is 1. The van der Waals surface area contributed by atoms with E-state index in [-0.39, 0.29) is 23.4 Å². The second-order valence-corrected chi connectivity index (χ2v) is 5.30. The highest BCUT2D eigenvalue weighted by atomic mass is 35.5. The fourth-order valence-electron chi connectivity index (χ4n) is 2.03. The van der Waals surface area contributed by atoms with Crippen LogP contribution in [0.2, 0.25) is 5.02 Å². The SMILES string of the molecule is CCc1ccc(C(CO)NC(=O)c2cnc(N)c(Cl)c2)cc1. The van der Waals surface area contributed by atoms with Crippen LogP contribution in [0.3, 0.4) is 0 Å². The van der Waals surface area contributed by atoms with E-state index in [1.807, 2.05) is 24.3 Å². The highest BCUT2D eigenvalue weighted by molar-refractivity contribution is 6.33. The molecule has 1 unspecified atom stereocenters. The first-order valence-corrected chi connectivity index (χ1v) is 7.34. The number of rotatable bonds is 5. The van der Waals surface area contributed by atoms with Gasteiger partial charge >= 0.3 is 0 Å². The minimum atomic E-state index is -0.491. The van der Waals surface area contributed by atoms with Gasteiger partial charge in [0.1, 0.15) is 5.82 Å². The van der Waals surface area contributed by atoms with Crippen molar-refractivity contribution in [1.82, 2.24) is 10.3 Å². The Bertz CT molecular complexity index is 659. The molecule has 22 heavy (non-hydrogen) atoms. The number of nitrogen functional groups attached to an aromatic ring is 1. The third-order valence-corrected chi connectivity index (χ3v) is 3.71. The van der Waals surface area contributed by atoms with Gasteiger partial charge in [0.2, 0.25) is 0 Å². The van der Waals surface area contributed by atoms with E-state index >= 15 is 0 Å². The number of hydrogen-bond acceptors (Lipinski definition) is 4. The Morgan fingerprint density at radius 3 is 2.64 bits per heavy atom. The monoisotopic (exact) mass is 319 g/mol. The summed E-state index contributed by atoms with van der Waals surface area (Å²) in [4.78, 5) is 16.1. The summed E-state index contributed by atoms with van der Waals surface area (Å²) < 4.78 is 0. The molecule has 116 valence electrons. The molecule has 1 amide bonds. The summed E-state index contributed by atoms with van der Waals surface area (Å²) in [5, 5.41) is 12.5. The molecule has 0 spiro atoms. The van der Waals surface area contributed by atoms with Crippen LogP contribution in [0, 0.1) is 0 Å². The van der Waals surface area contributed by atoms with Crippen molar-refractivity contribution in [1.29, 1.82) is 0 Å². The Labute approximate surface area is 134 Å². The number of amides is 1. The number of anilines is 1. The molecule has 0 bridgehead atoms. The zero-order chi connectivity index (χ0) is 16.1. The quantitative estimate of drug-likeness (QED) is 0.789. The van der Waals surface area contributed by atoms with E-state index in [0.717, 1.165) is 12.0 Å². The van der Waals surface area contributed by atoms with Gasteiger partial charge in [0, 0.05) is 6.20 Å². The van der Waals surface area contributed by atoms with Gasteiger partial charge in [-0.25, -0.2) is 4.98 Å². The molecular formula is C16H18ClN3O2. The van der Waals surface area contributed by atoms with Crippen LogP contribution in [0.25, 0.3) is 0 Å². The number of pyridine rings is 1. The molecule has 2 aromatic rings. The Hall–Kier alpha value is -2.11. The van der Waals surface area contributed by atoms with Crippen molar-refractivity contribution in [3.05, 3.63) is 58.2 Å². The number of benzene rings is 1. The molecule has 0 aliphatic carbocycles. The Balaban J connectivity index is 2.14. The number of nitrogens with one attached hydrogen (secondary N) is 1. The van der Waals surface area contributed by atoms with Gasteiger partial charge in [-0.15, -0.1) is 0 Å². The zero-order valence-electron chi connectivity index (χ0n) is 12.2. The molecule has 0 saturated heterocycles. The molecule has 1 aromatic carbocycles. The fourth-order valence-corrected chi connectivity index (χ4v) is 2.20. The van der Waals surface area contributed by atoms with E-state index in [9.17, 15) is 9.90 Å². The summed E-state index contributed by atoms with van der Waals surface area (Å²) in [5.41, 5.74) is 7.85. The third kappa shape index (κ3) is 3.75. The number of aliphatic hydroxyl groups is 1. The molecule has 2 rings (SSSR count). The smallest absolute Gasteiger partial charge is 0.253 e. The first kappa shape index (κ1) is 16.3. The molecule has 1 heterocycles. The van der Waals surface area contributed by atoms with Crippen LogP contribution in [0.4, 0.5) is 5.82 Å². The van der Waals surface area contributed by atoms with E-state index in [0.29, 0.717) is 5.56 Å². The minimum Gasteiger partial charge on any atom is -0.394 e. The van der Waals surface area contributed by atoms with Crippen LogP contribution in [0.5, 0.6) is 0 Å². The van der Waals surface area contributed by atoms with Crippen LogP contribution in [-0.4, -0.2) is 22.6 Å².